The van der Waals surface area contributed by atoms with Crippen LogP contribution in [-0.4, -0.2) is 24.3 Å². The molecule has 0 saturated heterocycles. The van der Waals surface area contributed by atoms with Gasteiger partial charge in [-0.25, -0.2) is 0 Å². The first-order valence-corrected chi connectivity index (χ1v) is 5.93. The monoisotopic (exact) mass is 216 g/mol. The van der Waals surface area contributed by atoms with Crippen LogP contribution in [0.15, 0.2) is 0 Å². The minimum atomic E-state index is -0.187. The average molecular weight is 216 g/mol. The number of aliphatic hydroxyl groups is 1. The zero-order valence-electron chi connectivity index (χ0n) is 10.00. The second kappa shape index (κ2) is 9.97. The van der Waals surface area contributed by atoms with E-state index in [1.807, 2.05) is 0 Å². The van der Waals surface area contributed by atoms with E-state index in [1.165, 1.54) is 12.8 Å². The van der Waals surface area contributed by atoms with Gasteiger partial charge in [-0.1, -0.05) is 33.1 Å². The summed E-state index contributed by atoms with van der Waals surface area (Å²) in [7, 11) is 0. The standard InChI is InChI=1S/C12H24O3/c1-11(2)7-4-3-5-10-15-12(14)8-6-9-13/h11,13H,3-10H2,1-2H3. The van der Waals surface area contributed by atoms with Gasteiger partial charge in [-0.05, 0) is 18.8 Å². The van der Waals surface area contributed by atoms with Crippen molar-refractivity contribution in [2.45, 2.75) is 52.4 Å². The fourth-order valence-corrected chi connectivity index (χ4v) is 1.31. The molecule has 0 heterocycles. The summed E-state index contributed by atoms with van der Waals surface area (Å²) in [6.07, 6.45) is 5.39. The summed E-state index contributed by atoms with van der Waals surface area (Å²) < 4.78 is 5.00. The van der Waals surface area contributed by atoms with Crippen molar-refractivity contribution in [3.63, 3.8) is 0 Å². The third-order valence-corrected chi connectivity index (χ3v) is 2.23. The third kappa shape index (κ3) is 11.4. The number of carbonyl (C=O) groups excluding carboxylic acids is 1. The van der Waals surface area contributed by atoms with E-state index in [0.29, 0.717) is 19.4 Å². The zero-order chi connectivity index (χ0) is 11.5. The molecule has 1 N–H and O–H groups in total. The van der Waals surface area contributed by atoms with Crippen LogP contribution in [-0.2, 0) is 9.53 Å². The van der Waals surface area contributed by atoms with Gasteiger partial charge in [0.25, 0.3) is 0 Å². The van der Waals surface area contributed by atoms with Crippen molar-refractivity contribution in [2.75, 3.05) is 13.2 Å². The molecule has 0 bridgehead atoms. The molecule has 0 aromatic heterocycles. The fourth-order valence-electron chi connectivity index (χ4n) is 1.31. The van der Waals surface area contributed by atoms with Gasteiger partial charge in [0.2, 0.25) is 0 Å². The Balaban J connectivity index is 3.13. The van der Waals surface area contributed by atoms with Gasteiger partial charge in [0, 0.05) is 13.0 Å². The predicted octanol–water partition coefficient (Wildman–Crippen LogP) is 2.52. The first kappa shape index (κ1) is 14.4. The smallest absolute Gasteiger partial charge is 0.305 e. The highest BCUT2D eigenvalue weighted by atomic mass is 16.5. The van der Waals surface area contributed by atoms with Crippen molar-refractivity contribution in [1.29, 1.82) is 0 Å². The van der Waals surface area contributed by atoms with Crippen LogP contribution in [0.4, 0.5) is 0 Å². The van der Waals surface area contributed by atoms with Crippen LogP contribution >= 0.6 is 0 Å². The van der Waals surface area contributed by atoms with Crippen LogP contribution in [0.3, 0.4) is 0 Å². The van der Waals surface area contributed by atoms with Crippen LogP contribution in [0.25, 0.3) is 0 Å². The van der Waals surface area contributed by atoms with E-state index < -0.39 is 0 Å². The number of esters is 1. The summed E-state index contributed by atoms with van der Waals surface area (Å²) in [6.45, 7) is 5.02. The van der Waals surface area contributed by atoms with Gasteiger partial charge < -0.3 is 9.84 Å². The Bertz CT molecular complexity index is 155. The van der Waals surface area contributed by atoms with E-state index in [0.717, 1.165) is 18.8 Å². The highest BCUT2D eigenvalue weighted by Crippen LogP contribution is 2.08. The molecule has 0 aliphatic carbocycles. The molecule has 0 fully saturated rings. The molecule has 0 aliphatic heterocycles. The number of rotatable bonds is 9. The van der Waals surface area contributed by atoms with Gasteiger partial charge in [-0.15, -0.1) is 0 Å². The minimum Gasteiger partial charge on any atom is -0.466 e. The molecular formula is C12H24O3. The Kier molecular flexibility index (Phi) is 9.59. The molecule has 15 heavy (non-hydrogen) atoms. The lowest BCUT2D eigenvalue weighted by molar-refractivity contribution is -0.144. The molecule has 0 aliphatic rings. The van der Waals surface area contributed by atoms with Gasteiger partial charge in [0.15, 0.2) is 0 Å². The van der Waals surface area contributed by atoms with E-state index in [1.54, 1.807) is 0 Å². The Morgan fingerprint density at radius 3 is 2.53 bits per heavy atom. The number of ether oxygens (including phenoxy) is 1. The normalized spacial score (nSPS) is 10.7. The summed E-state index contributed by atoms with van der Waals surface area (Å²) in [5.41, 5.74) is 0. The predicted molar refractivity (Wildman–Crippen MR) is 60.6 cm³/mol. The highest BCUT2D eigenvalue weighted by Gasteiger charge is 2.01. The molecule has 0 amide bonds. The van der Waals surface area contributed by atoms with Crippen LogP contribution in [0.2, 0.25) is 0 Å². The van der Waals surface area contributed by atoms with Gasteiger partial charge in [0.05, 0.1) is 6.61 Å². The summed E-state index contributed by atoms with van der Waals surface area (Å²) in [4.78, 5) is 11.0. The van der Waals surface area contributed by atoms with Crippen molar-refractivity contribution in [1.82, 2.24) is 0 Å². The van der Waals surface area contributed by atoms with Gasteiger partial charge >= 0.3 is 5.97 Å². The number of hydrogen-bond acceptors (Lipinski definition) is 3. The molecule has 0 aromatic carbocycles. The number of carbonyl (C=O) groups is 1. The molecule has 3 nitrogen and oxygen atoms in total. The van der Waals surface area contributed by atoms with E-state index >= 15 is 0 Å². The summed E-state index contributed by atoms with van der Waals surface area (Å²) >= 11 is 0. The Hall–Kier alpha value is -0.570. The quantitative estimate of drug-likeness (QED) is 0.476. The van der Waals surface area contributed by atoms with E-state index in [-0.39, 0.29) is 12.6 Å². The van der Waals surface area contributed by atoms with Gasteiger partial charge in [0.1, 0.15) is 0 Å². The lowest BCUT2D eigenvalue weighted by atomic mass is 10.1. The highest BCUT2D eigenvalue weighted by molar-refractivity contribution is 5.69. The first-order chi connectivity index (χ1) is 7.16. The summed E-state index contributed by atoms with van der Waals surface area (Å²) in [6, 6.07) is 0. The SMILES string of the molecule is CC(C)CCCCCOC(=O)CCCO. The molecule has 0 saturated carbocycles. The lowest BCUT2D eigenvalue weighted by Gasteiger charge is -2.05. The van der Waals surface area contributed by atoms with Crippen molar-refractivity contribution in [2.24, 2.45) is 5.92 Å². The Morgan fingerprint density at radius 2 is 1.93 bits per heavy atom. The van der Waals surface area contributed by atoms with Crippen molar-refractivity contribution in [3.8, 4) is 0 Å². The lowest BCUT2D eigenvalue weighted by Crippen LogP contribution is -2.06. The van der Waals surface area contributed by atoms with Crippen molar-refractivity contribution >= 4 is 5.97 Å². The second-order valence-corrected chi connectivity index (χ2v) is 4.29. The number of aliphatic hydroxyl groups excluding tert-OH is 1. The molecule has 0 radical (unpaired) electrons. The van der Waals surface area contributed by atoms with E-state index in [2.05, 4.69) is 13.8 Å². The van der Waals surface area contributed by atoms with Crippen LogP contribution in [0.5, 0.6) is 0 Å². The van der Waals surface area contributed by atoms with Crippen LogP contribution in [0, 0.1) is 5.92 Å². The molecular weight excluding hydrogens is 192 g/mol. The molecule has 90 valence electrons. The first-order valence-electron chi connectivity index (χ1n) is 5.93. The third-order valence-electron chi connectivity index (χ3n) is 2.23. The largest absolute Gasteiger partial charge is 0.466 e. The fraction of sp³-hybridized carbons (Fsp3) is 0.917. The Morgan fingerprint density at radius 1 is 1.20 bits per heavy atom. The van der Waals surface area contributed by atoms with E-state index in [9.17, 15) is 4.79 Å². The van der Waals surface area contributed by atoms with Crippen LogP contribution in [0.1, 0.15) is 52.4 Å². The molecule has 0 unspecified atom stereocenters. The molecule has 0 spiro atoms. The summed E-state index contributed by atoms with van der Waals surface area (Å²) in [5.74, 6) is 0.574. The van der Waals surface area contributed by atoms with Crippen molar-refractivity contribution in [3.05, 3.63) is 0 Å². The van der Waals surface area contributed by atoms with Gasteiger partial charge in [-0.3, -0.25) is 4.79 Å². The molecule has 0 aromatic rings. The topological polar surface area (TPSA) is 46.5 Å². The van der Waals surface area contributed by atoms with Crippen LogP contribution < -0.4 is 0 Å². The number of hydrogen-bond donors (Lipinski definition) is 1. The summed E-state index contributed by atoms with van der Waals surface area (Å²) in [5, 5.41) is 8.50. The maximum absolute atomic E-state index is 11.0. The molecule has 0 atom stereocenters. The van der Waals surface area contributed by atoms with E-state index in [4.69, 9.17) is 9.84 Å². The minimum absolute atomic E-state index is 0.0590. The second-order valence-electron chi connectivity index (χ2n) is 4.29. The maximum atomic E-state index is 11.0. The zero-order valence-corrected chi connectivity index (χ0v) is 10.00. The number of unbranched alkanes of at least 4 members (excludes halogenated alkanes) is 2. The van der Waals surface area contributed by atoms with Gasteiger partial charge in [-0.2, -0.15) is 0 Å². The molecule has 3 heteroatoms. The average Bonchev–Trinajstić information content (AvgIpc) is 2.19. The maximum Gasteiger partial charge on any atom is 0.305 e. The Labute approximate surface area is 92.8 Å². The molecule has 0 rings (SSSR count). The van der Waals surface area contributed by atoms with Crippen molar-refractivity contribution < 1.29 is 14.6 Å².